The molecule has 1 amide bonds. The maximum atomic E-state index is 12.3. The second kappa shape index (κ2) is 9.31. The number of rotatable bonds is 7. The molecule has 2 heterocycles. The molecule has 1 aliphatic heterocycles. The van der Waals surface area contributed by atoms with Crippen LogP contribution < -0.4 is 5.32 Å². The van der Waals surface area contributed by atoms with E-state index in [1.54, 1.807) is 18.3 Å². The van der Waals surface area contributed by atoms with E-state index in [1.807, 2.05) is 30.3 Å². The smallest absolute Gasteiger partial charge is 0.220 e. The number of hydrogen-bond donors (Lipinski definition) is 2. The molecule has 1 aliphatic rings. The predicted molar refractivity (Wildman–Crippen MR) is 98.8 cm³/mol. The Morgan fingerprint density at radius 2 is 1.96 bits per heavy atom. The lowest BCUT2D eigenvalue weighted by Crippen LogP contribution is -2.44. The van der Waals surface area contributed by atoms with E-state index in [1.165, 1.54) is 0 Å². The summed E-state index contributed by atoms with van der Waals surface area (Å²) in [5.74, 6) is 0.259. The molecule has 138 valence electrons. The molecule has 0 saturated carbocycles. The van der Waals surface area contributed by atoms with Crippen LogP contribution in [0, 0.1) is 0 Å². The Labute approximate surface area is 153 Å². The van der Waals surface area contributed by atoms with Crippen LogP contribution >= 0.6 is 0 Å². The van der Waals surface area contributed by atoms with Crippen molar-refractivity contribution in [1.29, 1.82) is 0 Å². The molecular weight excluding hydrogens is 330 g/mol. The fraction of sp³-hybridized carbons (Fsp3) is 0.400. The van der Waals surface area contributed by atoms with Crippen molar-refractivity contribution in [3.8, 4) is 5.75 Å². The van der Waals surface area contributed by atoms with Gasteiger partial charge in [0.05, 0.1) is 24.9 Å². The minimum Gasteiger partial charge on any atom is -0.508 e. The molecule has 1 saturated heterocycles. The number of phenolic OH excluding ortho intramolecular Hbond substituents is 1. The molecule has 0 radical (unpaired) electrons. The Hall–Kier alpha value is -2.44. The van der Waals surface area contributed by atoms with Crippen molar-refractivity contribution in [1.82, 2.24) is 15.2 Å². The Kier molecular flexibility index (Phi) is 6.57. The van der Waals surface area contributed by atoms with Crippen LogP contribution in [0.1, 0.15) is 23.7 Å². The van der Waals surface area contributed by atoms with Crippen LogP contribution in [0.3, 0.4) is 0 Å². The van der Waals surface area contributed by atoms with Gasteiger partial charge in [0, 0.05) is 32.3 Å². The number of morpholine rings is 1. The van der Waals surface area contributed by atoms with Crippen molar-refractivity contribution in [2.24, 2.45) is 0 Å². The molecule has 1 aromatic carbocycles. The number of aromatic nitrogens is 1. The molecule has 26 heavy (non-hydrogen) atoms. The monoisotopic (exact) mass is 355 g/mol. The molecule has 2 aromatic rings. The molecule has 1 aromatic heterocycles. The van der Waals surface area contributed by atoms with E-state index in [2.05, 4.69) is 15.2 Å². The van der Waals surface area contributed by atoms with Crippen molar-refractivity contribution in [3.63, 3.8) is 0 Å². The van der Waals surface area contributed by atoms with Crippen LogP contribution in [0.2, 0.25) is 0 Å². The van der Waals surface area contributed by atoms with E-state index in [0.717, 1.165) is 24.3 Å². The summed E-state index contributed by atoms with van der Waals surface area (Å²) >= 11 is 0. The van der Waals surface area contributed by atoms with Gasteiger partial charge in [-0.25, -0.2) is 0 Å². The van der Waals surface area contributed by atoms with Gasteiger partial charge in [-0.15, -0.1) is 0 Å². The van der Waals surface area contributed by atoms with Gasteiger partial charge in [-0.2, -0.15) is 0 Å². The number of ether oxygens (including phenoxy) is 1. The normalized spacial score (nSPS) is 16.2. The van der Waals surface area contributed by atoms with Gasteiger partial charge in [0.1, 0.15) is 5.75 Å². The van der Waals surface area contributed by atoms with Gasteiger partial charge in [0.25, 0.3) is 0 Å². The van der Waals surface area contributed by atoms with Gasteiger partial charge in [-0.05, 0) is 36.2 Å². The summed E-state index contributed by atoms with van der Waals surface area (Å²) in [4.78, 5) is 19.1. The Balaban J connectivity index is 1.54. The lowest BCUT2D eigenvalue weighted by Gasteiger charge is -2.34. The molecule has 0 spiro atoms. The van der Waals surface area contributed by atoms with E-state index < -0.39 is 0 Å². The fourth-order valence-electron chi connectivity index (χ4n) is 3.10. The number of phenols is 1. The average Bonchev–Trinajstić information content (AvgIpc) is 2.69. The summed E-state index contributed by atoms with van der Waals surface area (Å²) in [5, 5.41) is 12.4. The highest BCUT2D eigenvalue weighted by molar-refractivity contribution is 5.76. The maximum Gasteiger partial charge on any atom is 0.220 e. The summed E-state index contributed by atoms with van der Waals surface area (Å²) < 4.78 is 5.44. The first kappa shape index (κ1) is 18.4. The van der Waals surface area contributed by atoms with Crippen LogP contribution in [0.25, 0.3) is 0 Å². The van der Waals surface area contributed by atoms with Crippen LogP contribution in [0.5, 0.6) is 5.75 Å². The third kappa shape index (κ3) is 5.28. The van der Waals surface area contributed by atoms with Crippen molar-refractivity contribution in [2.75, 3.05) is 32.8 Å². The topological polar surface area (TPSA) is 74.7 Å². The molecule has 6 nitrogen and oxygen atoms in total. The second-order valence-electron chi connectivity index (χ2n) is 6.39. The number of nitrogens with one attached hydrogen (secondary N) is 1. The summed E-state index contributed by atoms with van der Waals surface area (Å²) in [6.45, 7) is 3.62. The number of aromatic hydroxyl groups is 1. The van der Waals surface area contributed by atoms with Gasteiger partial charge in [-0.1, -0.05) is 18.2 Å². The van der Waals surface area contributed by atoms with E-state index in [9.17, 15) is 9.90 Å². The van der Waals surface area contributed by atoms with Crippen LogP contribution in [-0.4, -0.2) is 53.7 Å². The highest BCUT2D eigenvalue weighted by Gasteiger charge is 2.24. The number of carbonyl (C=O) groups is 1. The first-order valence-corrected chi connectivity index (χ1v) is 9.00. The number of nitrogens with zero attached hydrogens (tertiary/aromatic N) is 2. The largest absolute Gasteiger partial charge is 0.508 e. The molecule has 1 fully saturated rings. The number of benzene rings is 1. The van der Waals surface area contributed by atoms with E-state index in [4.69, 9.17) is 4.74 Å². The molecule has 6 heteroatoms. The lowest BCUT2D eigenvalue weighted by atomic mass is 10.1. The minimum absolute atomic E-state index is 0.0206. The number of pyridine rings is 1. The van der Waals surface area contributed by atoms with Gasteiger partial charge in [-0.3, -0.25) is 14.7 Å². The summed E-state index contributed by atoms with van der Waals surface area (Å²) in [6, 6.07) is 12.9. The zero-order valence-corrected chi connectivity index (χ0v) is 14.8. The number of amides is 1. The zero-order chi connectivity index (χ0) is 18.2. The van der Waals surface area contributed by atoms with Crippen LogP contribution in [0.4, 0.5) is 0 Å². The van der Waals surface area contributed by atoms with E-state index in [-0.39, 0.29) is 17.7 Å². The van der Waals surface area contributed by atoms with Crippen LogP contribution in [0.15, 0.2) is 48.7 Å². The van der Waals surface area contributed by atoms with Gasteiger partial charge < -0.3 is 15.2 Å². The van der Waals surface area contributed by atoms with Gasteiger partial charge in [0.15, 0.2) is 0 Å². The van der Waals surface area contributed by atoms with Crippen LogP contribution in [-0.2, 0) is 16.0 Å². The highest BCUT2D eigenvalue weighted by Crippen LogP contribution is 2.19. The number of carbonyl (C=O) groups excluding carboxylic acids is 1. The fourth-order valence-corrected chi connectivity index (χ4v) is 3.10. The quantitative estimate of drug-likeness (QED) is 0.794. The molecule has 2 N–H and O–H groups in total. The average molecular weight is 355 g/mol. The second-order valence-corrected chi connectivity index (χ2v) is 6.39. The Morgan fingerprint density at radius 3 is 2.65 bits per heavy atom. The standard InChI is InChI=1S/C20H25N3O3/c24-17-7-4-16(5-8-17)6-9-20(25)22-15-19(18-3-1-2-10-21-18)23-11-13-26-14-12-23/h1-5,7-8,10,19,24H,6,9,11-15H2,(H,22,25)/t19-/m1/s1. The first-order chi connectivity index (χ1) is 12.7. The zero-order valence-electron chi connectivity index (χ0n) is 14.8. The molecular formula is C20H25N3O3. The third-order valence-electron chi connectivity index (χ3n) is 4.59. The molecule has 0 bridgehead atoms. The Morgan fingerprint density at radius 1 is 1.19 bits per heavy atom. The molecule has 0 aliphatic carbocycles. The molecule has 0 unspecified atom stereocenters. The molecule has 3 rings (SSSR count). The van der Waals surface area contributed by atoms with E-state index in [0.29, 0.717) is 32.6 Å². The predicted octanol–water partition coefficient (Wildman–Crippen LogP) is 1.91. The van der Waals surface area contributed by atoms with Crippen molar-refractivity contribution in [2.45, 2.75) is 18.9 Å². The SMILES string of the molecule is O=C(CCc1ccc(O)cc1)NC[C@H](c1ccccn1)N1CCOCC1. The van der Waals surface area contributed by atoms with Gasteiger partial charge >= 0.3 is 0 Å². The first-order valence-electron chi connectivity index (χ1n) is 9.00. The van der Waals surface area contributed by atoms with Crippen molar-refractivity contribution < 1.29 is 14.6 Å². The lowest BCUT2D eigenvalue weighted by molar-refractivity contribution is -0.121. The summed E-state index contributed by atoms with van der Waals surface area (Å²) in [7, 11) is 0. The van der Waals surface area contributed by atoms with E-state index >= 15 is 0 Å². The highest BCUT2D eigenvalue weighted by atomic mass is 16.5. The Bertz CT molecular complexity index is 685. The third-order valence-corrected chi connectivity index (χ3v) is 4.59. The maximum absolute atomic E-state index is 12.3. The van der Waals surface area contributed by atoms with Crippen molar-refractivity contribution >= 4 is 5.91 Å². The van der Waals surface area contributed by atoms with Gasteiger partial charge in [0.2, 0.25) is 5.91 Å². The minimum atomic E-state index is 0.0206. The number of hydrogen-bond acceptors (Lipinski definition) is 5. The van der Waals surface area contributed by atoms with Crippen molar-refractivity contribution in [3.05, 3.63) is 59.9 Å². The summed E-state index contributed by atoms with van der Waals surface area (Å²) in [6.07, 6.45) is 2.86. The number of aryl methyl sites for hydroxylation is 1. The summed E-state index contributed by atoms with van der Waals surface area (Å²) in [5.41, 5.74) is 2.00. The molecule has 1 atom stereocenters.